The van der Waals surface area contributed by atoms with Crippen LogP contribution in [-0.4, -0.2) is 65.2 Å². The number of halogens is 3. The summed E-state index contributed by atoms with van der Waals surface area (Å²) in [5.74, 6) is -2.59. The fourth-order valence-corrected chi connectivity index (χ4v) is 6.98. The molecule has 0 saturated carbocycles. The van der Waals surface area contributed by atoms with E-state index in [0.29, 0.717) is 24.3 Å². The minimum Gasteiger partial charge on any atom is -0.392 e. The topological polar surface area (TPSA) is 91.3 Å². The fourth-order valence-electron chi connectivity index (χ4n) is 6.98. The minimum absolute atomic E-state index is 0.0369. The number of ether oxygens (including phenoxy) is 2. The number of hydrogen-bond acceptors (Lipinski definition) is 6. The summed E-state index contributed by atoms with van der Waals surface area (Å²) >= 11 is 0. The van der Waals surface area contributed by atoms with Gasteiger partial charge in [-0.05, 0) is 72.3 Å². The standard InChI is InChI=1S/C41H44F3N3O5/c1-27(30-10-4-3-5-11-30)46(2)25-35-23-37(31-18-16-28(26-48)17-19-31)52-39(51-35)34-14-7-13-33(22-34)32-12-6-9-29(21-32)24-45-38(49)36-15-8-20-47(36)40(50)41(42,43)44/h3-7,9-14,16-19,21-22,27,35-37,39,48H,8,15,20,23-26H2,1-2H3,(H,45,49)/t27-,35-,36-,37+,39+/m0/s1. The predicted octanol–water partition coefficient (Wildman–Crippen LogP) is 7.25. The van der Waals surface area contributed by atoms with Crippen molar-refractivity contribution in [3.05, 3.63) is 131 Å². The van der Waals surface area contributed by atoms with Gasteiger partial charge in [0.05, 0.1) is 18.8 Å². The summed E-state index contributed by atoms with van der Waals surface area (Å²) in [6, 6.07) is 32.6. The molecule has 4 aromatic rings. The third-order valence-corrected chi connectivity index (χ3v) is 9.99. The number of likely N-dealkylation sites (tertiary alicyclic amines) is 1. The normalized spacial score (nSPS) is 21.2. The van der Waals surface area contributed by atoms with Gasteiger partial charge in [-0.3, -0.25) is 14.5 Å². The number of carbonyl (C=O) groups is 2. The van der Waals surface area contributed by atoms with Crippen molar-refractivity contribution in [3.8, 4) is 11.1 Å². The molecule has 2 N–H and O–H groups in total. The first kappa shape index (κ1) is 37.2. The minimum atomic E-state index is -5.02. The zero-order chi connectivity index (χ0) is 36.8. The van der Waals surface area contributed by atoms with Crippen molar-refractivity contribution in [1.29, 1.82) is 0 Å². The number of aliphatic hydroxyl groups is 1. The smallest absolute Gasteiger partial charge is 0.392 e. The molecular formula is C41H44F3N3O5. The first-order valence-electron chi connectivity index (χ1n) is 17.6. The summed E-state index contributed by atoms with van der Waals surface area (Å²) in [4.78, 5) is 27.6. The average Bonchev–Trinajstić information content (AvgIpc) is 3.66. The molecule has 5 atom stereocenters. The molecule has 52 heavy (non-hydrogen) atoms. The molecule has 11 heteroatoms. The van der Waals surface area contributed by atoms with Gasteiger partial charge in [0.2, 0.25) is 5.91 Å². The van der Waals surface area contributed by atoms with Gasteiger partial charge < -0.3 is 24.8 Å². The van der Waals surface area contributed by atoms with Gasteiger partial charge in [-0.1, -0.05) is 91.0 Å². The van der Waals surface area contributed by atoms with E-state index < -0.39 is 30.3 Å². The second kappa shape index (κ2) is 16.4. The van der Waals surface area contributed by atoms with Gasteiger partial charge in [-0.2, -0.15) is 13.2 Å². The van der Waals surface area contributed by atoms with Gasteiger partial charge in [0, 0.05) is 37.7 Å². The highest BCUT2D eigenvalue weighted by Crippen LogP contribution is 2.39. The zero-order valence-corrected chi connectivity index (χ0v) is 29.3. The Morgan fingerprint density at radius 3 is 2.33 bits per heavy atom. The van der Waals surface area contributed by atoms with Gasteiger partial charge in [0.1, 0.15) is 6.04 Å². The van der Waals surface area contributed by atoms with Gasteiger partial charge in [-0.15, -0.1) is 0 Å². The van der Waals surface area contributed by atoms with E-state index in [0.717, 1.165) is 33.4 Å². The third kappa shape index (κ3) is 8.90. The predicted molar refractivity (Wildman–Crippen MR) is 190 cm³/mol. The van der Waals surface area contributed by atoms with Crippen LogP contribution in [0.1, 0.15) is 72.4 Å². The second-order valence-corrected chi connectivity index (χ2v) is 13.6. The number of alkyl halides is 3. The summed E-state index contributed by atoms with van der Waals surface area (Å²) in [7, 11) is 2.10. The summed E-state index contributed by atoms with van der Waals surface area (Å²) in [6.07, 6.45) is -4.89. The molecule has 274 valence electrons. The van der Waals surface area contributed by atoms with Crippen LogP contribution in [0.15, 0.2) is 103 Å². The van der Waals surface area contributed by atoms with Crippen LogP contribution in [0.25, 0.3) is 11.1 Å². The summed E-state index contributed by atoms with van der Waals surface area (Å²) < 4.78 is 52.5. The van der Waals surface area contributed by atoms with E-state index in [9.17, 15) is 27.9 Å². The van der Waals surface area contributed by atoms with Gasteiger partial charge >= 0.3 is 12.1 Å². The molecule has 0 unspecified atom stereocenters. The van der Waals surface area contributed by atoms with E-state index in [1.807, 2.05) is 91.0 Å². The van der Waals surface area contributed by atoms with Crippen molar-refractivity contribution in [1.82, 2.24) is 15.1 Å². The van der Waals surface area contributed by atoms with Crippen molar-refractivity contribution < 1.29 is 37.3 Å². The Hall–Kier alpha value is -4.55. The van der Waals surface area contributed by atoms with Crippen LogP contribution < -0.4 is 5.32 Å². The first-order valence-corrected chi connectivity index (χ1v) is 17.6. The Kier molecular flexibility index (Phi) is 11.7. The van der Waals surface area contributed by atoms with E-state index in [4.69, 9.17) is 9.47 Å². The summed E-state index contributed by atoms with van der Waals surface area (Å²) in [5, 5.41) is 12.3. The number of nitrogens with one attached hydrogen (secondary N) is 1. The lowest BCUT2D eigenvalue weighted by Crippen LogP contribution is -2.50. The SMILES string of the molecule is C[C@@H](c1ccccc1)N(C)C[C@@H]1C[C@H](c2ccc(CO)cc2)O[C@H](c2cccc(-c3cccc(CNC(=O)[C@@H]4CCCN4C(=O)C(F)(F)F)c3)c2)O1. The van der Waals surface area contributed by atoms with E-state index in [-0.39, 0.29) is 44.4 Å². The van der Waals surface area contributed by atoms with Crippen LogP contribution in [0.5, 0.6) is 0 Å². The Bertz CT molecular complexity index is 1820. The number of aliphatic hydroxyl groups excluding tert-OH is 1. The van der Waals surface area contributed by atoms with Crippen molar-refractivity contribution in [2.75, 3.05) is 20.1 Å². The van der Waals surface area contributed by atoms with Crippen LogP contribution in [-0.2, 0) is 32.2 Å². The number of carbonyl (C=O) groups excluding carboxylic acids is 2. The molecule has 2 aliphatic rings. The van der Waals surface area contributed by atoms with E-state index >= 15 is 0 Å². The average molecular weight is 716 g/mol. The molecule has 0 bridgehead atoms. The van der Waals surface area contributed by atoms with E-state index in [1.165, 1.54) is 5.56 Å². The quantitative estimate of drug-likeness (QED) is 0.170. The van der Waals surface area contributed by atoms with Gasteiger partial charge in [0.15, 0.2) is 6.29 Å². The third-order valence-electron chi connectivity index (χ3n) is 9.99. The Morgan fingerprint density at radius 2 is 1.62 bits per heavy atom. The number of rotatable bonds is 11. The van der Waals surface area contributed by atoms with Gasteiger partial charge in [0.25, 0.3) is 0 Å². The second-order valence-electron chi connectivity index (χ2n) is 13.6. The lowest BCUT2D eigenvalue weighted by atomic mass is 9.98. The van der Waals surface area contributed by atoms with Crippen molar-refractivity contribution in [2.24, 2.45) is 0 Å². The molecule has 0 spiro atoms. The van der Waals surface area contributed by atoms with Gasteiger partial charge in [-0.25, -0.2) is 0 Å². The lowest BCUT2D eigenvalue weighted by Gasteiger charge is -2.39. The van der Waals surface area contributed by atoms with Crippen molar-refractivity contribution >= 4 is 11.8 Å². The highest BCUT2D eigenvalue weighted by atomic mass is 19.4. The molecule has 0 radical (unpaired) electrons. The zero-order valence-electron chi connectivity index (χ0n) is 29.3. The number of hydrogen-bond donors (Lipinski definition) is 2. The lowest BCUT2D eigenvalue weighted by molar-refractivity contribution is -0.253. The Labute approximate surface area is 302 Å². The van der Waals surface area contributed by atoms with Crippen LogP contribution in [0, 0.1) is 0 Å². The maximum atomic E-state index is 13.1. The van der Waals surface area contributed by atoms with Crippen LogP contribution in [0.4, 0.5) is 13.2 Å². The van der Waals surface area contributed by atoms with Crippen molar-refractivity contribution in [3.63, 3.8) is 0 Å². The molecule has 0 aliphatic carbocycles. The fraction of sp³-hybridized carbons (Fsp3) is 0.366. The molecule has 8 nitrogen and oxygen atoms in total. The monoisotopic (exact) mass is 715 g/mol. The van der Waals surface area contributed by atoms with Crippen LogP contribution in [0.2, 0.25) is 0 Å². The molecule has 2 aliphatic heterocycles. The summed E-state index contributed by atoms with van der Waals surface area (Å²) in [6.45, 7) is 2.82. The molecule has 6 rings (SSSR count). The number of likely N-dealkylation sites (N-methyl/N-ethyl adjacent to an activating group) is 1. The van der Waals surface area contributed by atoms with Crippen LogP contribution >= 0.6 is 0 Å². The molecular weight excluding hydrogens is 671 g/mol. The van der Waals surface area contributed by atoms with Crippen molar-refractivity contribution in [2.45, 2.75) is 76.1 Å². The molecule has 2 amide bonds. The van der Waals surface area contributed by atoms with E-state index in [2.05, 4.69) is 36.3 Å². The molecule has 2 fully saturated rings. The highest BCUT2D eigenvalue weighted by molar-refractivity contribution is 5.90. The van der Waals surface area contributed by atoms with Crippen LogP contribution in [0.3, 0.4) is 0 Å². The highest BCUT2D eigenvalue weighted by Gasteiger charge is 2.47. The summed E-state index contributed by atoms with van der Waals surface area (Å²) in [5.41, 5.74) is 6.42. The maximum Gasteiger partial charge on any atom is 0.471 e. The number of nitrogens with zero attached hydrogens (tertiary/aromatic N) is 2. The van der Waals surface area contributed by atoms with E-state index in [1.54, 1.807) is 0 Å². The number of amides is 2. The molecule has 0 aromatic heterocycles. The Balaban J connectivity index is 1.17. The maximum absolute atomic E-state index is 13.1. The molecule has 2 heterocycles. The molecule has 2 saturated heterocycles. The largest absolute Gasteiger partial charge is 0.471 e. The number of benzene rings is 4. The first-order chi connectivity index (χ1) is 25.0. The Morgan fingerprint density at radius 1 is 0.904 bits per heavy atom. The molecule has 4 aromatic carbocycles.